The highest BCUT2D eigenvalue weighted by atomic mass is 32.2. The summed E-state index contributed by atoms with van der Waals surface area (Å²) in [4.78, 5) is 24.8. The van der Waals surface area contributed by atoms with E-state index in [0.29, 0.717) is 31.2 Å². The smallest absolute Gasteiger partial charge is 0.311 e. The quantitative estimate of drug-likeness (QED) is 0.242. The summed E-state index contributed by atoms with van der Waals surface area (Å²) in [5.74, 6) is 1.45. The molecule has 0 amide bonds. The largest absolute Gasteiger partial charge is 0.363 e. The summed E-state index contributed by atoms with van der Waals surface area (Å²) in [6.07, 6.45) is 0. The molecule has 30 heavy (non-hydrogen) atoms. The number of anilines is 2. The van der Waals surface area contributed by atoms with Gasteiger partial charge in [-0.25, -0.2) is 18.4 Å². The number of nitro groups is 1. The molecule has 3 heterocycles. The van der Waals surface area contributed by atoms with Gasteiger partial charge in [0.05, 0.1) is 27.5 Å². The topological polar surface area (TPSA) is 134 Å². The van der Waals surface area contributed by atoms with E-state index in [1.54, 1.807) is 6.07 Å². The second-order valence-electron chi connectivity index (χ2n) is 6.77. The lowest BCUT2D eigenvalue weighted by molar-refractivity contribution is -0.384. The number of aromatic nitrogens is 3. The number of para-hydroxylation sites is 2. The number of rotatable bonds is 7. The van der Waals surface area contributed by atoms with Crippen molar-refractivity contribution in [2.75, 3.05) is 47.1 Å². The number of pyridine rings is 1. The normalized spacial score (nSPS) is 15.9. The van der Waals surface area contributed by atoms with Crippen molar-refractivity contribution >= 4 is 50.0 Å². The summed E-state index contributed by atoms with van der Waals surface area (Å²) in [6.45, 7) is 1.11. The summed E-state index contributed by atoms with van der Waals surface area (Å²) >= 11 is 1.51. The monoisotopic (exact) mass is 448 g/mol. The fourth-order valence-electron chi connectivity index (χ4n) is 3.15. The lowest BCUT2D eigenvalue weighted by Gasteiger charge is -2.27. The van der Waals surface area contributed by atoms with Crippen LogP contribution in [0.4, 0.5) is 17.3 Å². The van der Waals surface area contributed by atoms with Crippen molar-refractivity contribution < 1.29 is 13.3 Å². The summed E-state index contributed by atoms with van der Waals surface area (Å²) in [5.41, 5.74) is 1.74. The minimum absolute atomic E-state index is 0.0581. The maximum atomic E-state index is 11.6. The number of nitrogens with zero attached hydrogens (tertiary/aromatic N) is 4. The Kier molecular flexibility index (Phi) is 5.77. The van der Waals surface area contributed by atoms with E-state index in [1.807, 2.05) is 29.2 Å². The van der Waals surface area contributed by atoms with Gasteiger partial charge in [-0.05, 0) is 18.2 Å². The molecule has 0 atom stereocenters. The third-order valence-electron chi connectivity index (χ3n) is 4.73. The molecule has 2 aromatic heterocycles. The molecule has 4 rings (SSSR count). The molecule has 1 aliphatic rings. The van der Waals surface area contributed by atoms with E-state index in [-0.39, 0.29) is 23.0 Å². The van der Waals surface area contributed by atoms with Crippen molar-refractivity contribution in [2.24, 2.45) is 0 Å². The van der Waals surface area contributed by atoms with Gasteiger partial charge in [-0.1, -0.05) is 23.9 Å². The van der Waals surface area contributed by atoms with E-state index in [2.05, 4.69) is 20.3 Å². The molecule has 1 fully saturated rings. The molecule has 1 saturated heterocycles. The number of sulfone groups is 1. The molecule has 0 spiro atoms. The molecule has 10 nitrogen and oxygen atoms in total. The van der Waals surface area contributed by atoms with Gasteiger partial charge in [0.15, 0.2) is 15.0 Å². The lowest BCUT2D eigenvalue weighted by Crippen LogP contribution is -2.40. The summed E-state index contributed by atoms with van der Waals surface area (Å²) in [7, 11) is -3.01. The molecule has 1 aliphatic heterocycles. The zero-order chi connectivity index (χ0) is 21.1. The predicted octanol–water partition coefficient (Wildman–Crippen LogP) is 2.31. The Morgan fingerprint density at radius 1 is 1.17 bits per heavy atom. The number of hydrogen-bond donors (Lipinski definition) is 2. The molecule has 0 aliphatic carbocycles. The number of hydrogen-bond acceptors (Lipinski definition) is 9. The van der Waals surface area contributed by atoms with E-state index >= 15 is 0 Å². The number of aromatic amines is 1. The lowest BCUT2D eigenvalue weighted by atomic mass is 10.3. The third-order valence-corrected chi connectivity index (χ3v) is 7.21. The van der Waals surface area contributed by atoms with Crippen molar-refractivity contribution in [1.82, 2.24) is 15.0 Å². The van der Waals surface area contributed by atoms with E-state index in [4.69, 9.17) is 0 Å². The number of fused-ring (bicyclic) bond motifs is 1. The number of imidazole rings is 1. The van der Waals surface area contributed by atoms with Gasteiger partial charge in [-0.15, -0.1) is 0 Å². The van der Waals surface area contributed by atoms with Crippen molar-refractivity contribution in [3.8, 4) is 0 Å². The minimum Gasteiger partial charge on any atom is -0.363 e. The third kappa shape index (κ3) is 4.65. The maximum absolute atomic E-state index is 11.6. The average Bonchev–Trinajstić information content (AvgIpc) is 3.14. The highest BCUT2D eigenvalue weighted by Crippen LogP contribution is 2.27. The molecule has 0 radical (unpaired) electrons. The molecular formula is C18H20N6O4S2. The van der Waals surface area contributed by atoms with Crippen LogP contribution in [0.25, 0.3) is 11.0 Å². The molecule has 3 aromatic rings. The van der Waals surface area contributed by atoms with Crippen molar-refractivity contribution in [2.45, 2.75) is 5.16 Å². The number of nitrogens with one attached hydrogen (secondary N) is 2. The Bertz CT molecular complexity index is 1130. The van der Waals surface area contributed by atoms with E-state index in [1.165, 1.54) is 17.8 Å². The first kappa shape index (κ1) is 20.4. The highest BCUT2D eigenvalue weighted by Gasteiger charge is 2.24. The molecular weight excluding hydrogens is 428 g/mol. The van der Waals surface area contributed by atoms with Crippen molar-refractivity contribution in [3.05, 3.63) is 46.5 Å². The summed E-state index contributed by atoms with van der Waals surface area (Å²) < 4.78 is 23.3. The average molecular weight is 449 g/mol. The second kappa shape index (κ2) is 8.48. The zero-order valence-electron chi connectivity index (χ0n) is 15.9. The molecule has 0 saturated carbocycles. The second-order valence-corrected chi connectivity index (χ2v) is 10.2. The first-order valence-electron chi connectivity index (χ1n) is 9.33. The molecule has 0 bridgehead atoms. The SMILES string of the molecule is O=[N+]([O-])c1ccc(N2CCS(=O)(=O)CC2)nc1NCCSc1nc2ccccc2[nH]1. The van der Waals surface area contributed by atoms with Crippen molar-refractivity contribution in [1.29, 1.82) is 0 Å². The van der Waals surface area contributed by atoms with Crippen LogP contribution in [0.15, 0.2) is 41.6 Å². The first-order valence-corrected chi connectivity index (χ1v) is 12.1. The Balaban J connectivity index is 1.40. The maximum Gasteiger partial charge on any atom is 0.311 e. The van der Waals surface area contributed by atoms with E-state index in [0.717, 1.165) is 16.2 Å². The van der Waals surface area contributed by atoms with Crippen LogP contribution in [-0.4, -0.2) is 65.2 Å². The van der Waals surface area contributed by atoms with Crippen LogP contribution in [0.3, 0.4) is 0 Å². The highest BCUT2D eigenvalue weighted by molar-refractivity contribution is 7.99. The Hall–Kier alpha value is -2.86. The minimum atomic E-state index is -3.01. The van der Waals surface area contributed by atoms with Crippen LogP contribution in [0.2, 0.25) is 0 Å². The predicted molar refractivity (Wildman–Crippen MR) is 117 cm³/mol. The molecule has 158 valence electrons. The molecule has 0 unspecified atom stereocenters. The van der Waals surface area contributed by atoms with Gasteiger partial charge < -0.3 is 15.2 Å². The van der Waals surface area contributed by atoms with Crippen LogP contribution in [0.1, 0.15) is 0 Å². The fraction of sp³-hybridized carbons (Fsp3) is 0.333. The molecule has 2 N–H and O–H groups in total. The van der Waals surface area contributed by atoms with Crippen LogP contribution in [0, 0.1) is 10.1 Å². The summed E-state index contributed by atoms with van der Waals surface area (Å²) in [6, 6.07) is 10.7. The van der Waals surface area contributed by atoms with Crippen LogP contribution < -0.4 is 10.2 Å². The van der Waals surface area contributed by atoms with Gasteiger partial charge in [0.2, 0.25) is 5.82 Å². The number of thioether (sulfide) groups is 1. The van der Waals surface area contributed by atoms with Gasteiger partial charge >= 0.3 is 5.69 Å². The Morgan fingerprint density at radius 2 is 1.93 bits per heavy atom. The molecule has 1 aromatic carbocycles. The van der Waals surface area contributed by atoms with E-state index in [9.17, 15) is 18.5 Å². The van der Waals surface area contributed by atoms with E-state index < -0.39 is 14.8 Å². The van der Waals surface area contributed by atoms with Crippen LogP contribution >= 0.6 is 11.8 Å². The van der Waals surface area contributed by atoms with Crippen LogP contribution in [0.5, 0.6) is 0 Å². The number of benzene rings is 1. The standard InChI is InChI=1S/C18H20N6O4S2/c25-24(26)15-5-6-16(23-8-11-30(27,28)12-9-23)22-17(15)19-7-10-29-18-20-13-3-1-2-4-14(13)21-18/h1-6H,7-12H2,(H,19,22)(H,20,21). The van der Waals surface area contributed by atoms with Gasteiger partial charge in [0.25, 0.3) is 0 Å². The fourth-order valence-corrected chi connectivity index (χ4v) is 5.10. The number of H-pyrrole nitrogens is 1. The van der Waals surface area contributed by atoms with Gasteiger partial charge in [0.1, 0.15) is 5.82 Å². The first-order chi connectivity index (χ1) is 14.4. The van der Waals surface area contributed by atoms with Gasteiger partial charge in [-0.3, -0.25) is 10.1 Å². The van der Waals surface area contributed by atoms with Gasteiger partial charge in [0, 0.05) is 31.5 Å². The summed E-state index contributed by atoms with van der Waals surface area (Å²) in [5, 5.41) is 15.2. The van der Waals surface area contributed by atoms with Gasteiger partial charge in [-0.2, -0.15) is 0 Å². The van der Waals surface area contributed by atoms with Crippen molar-refractivity contribution in [3.63, 3.8) is 0 Å². The Labute approximate surface area is 177 Å². The molecule has 12 heteroatoms. The Morgan fingerprint density at radius 3 is 2.67 bits per heavy atom. The zero-order valence-corrected chi connectivity index (χ0v) is 17.6. The van der Waals surface area contributed by atoms with Crippen LogP contribution in [-0.2, 0) is 9.84 Å².